The molecule has 0 bridgehead atoms. The Morgan fingerprint density at radius 3 is 2.50 bits per heavy atom. The van der Waals surface area contributed by atoms with E-state index in [4.69, 9.17) is 4.74 Å². The fourth-order valence-corrected chi connectivity index (χ4v) is 5.24. The number of aliphatic imine (C=N–C) groups is 1. The number of hydrogen-bond acceptors (Lipinski definition) is 6. The van der Waals surface area contributed by atoms with Crippen LogP contribution in [-0.2, 0) is 11.0 Å². The Bertz CT molecular complexity index is 1800. The van der Waals surface area contributed by atoms with E-state index in [-0.39, 0.29) is 28.2 Å². The van der Waals surface area contributed by atoms with Gasteiger partial charge in [-0.2, -0.15) is 31.3 Å². The Kier molecular flexibility index (Phi) is 9.10. The van der Waals surface area contributed by atoms with Gasteiger partial charge >= 0.3 is 18.4 Å². The number of alkyl halides is 6. The molecule has 0 atom stereocenters. The van der Waals surface area contributed by atoms with Crippen molar-refractivity contribution in [3.05, 3.63) is 83.9 Å². The van der Waals surface area contributed by atoms with Crippen LogP contribution in [0.1, 0.15) is 23.1 Å². The third-order valence-corrected chi connectivity index (χ3v) is 7.57. The lowest BCUT2D eigenvalue weighted by Crippen LogP contribution is -2.31. The number of carbonyl (C=O) groups is 2. The number of hydrogen-bond donors (Lipinski definition) is 1. The summed E-state index contributed by atoms with van der Waals surface area (Å²) in [5.74, 6) is -0.171. The van der Waals surface area contributed by atoms with Crippen molar-refractivity contribution in [1.82, 2.24) is 14.5 Å². The SMILES string of the molecule is Cc1ccc(OCCC(F)(F)F)c(N2C(=O)CS/C2=N\C(=O)Nc2ccc(-c3cn(-c4ccc(C(F)(F)F)cn4)cn3)cc2C)c1. The lowest BCUT2D eigenvalue weighted by atomic mass is 10.1. The smallest absolute Gasteiger partial charge is 0.417 e. The number of imidazole rings is 1. The molecule has 240 valence electrons. The van der Waals surface area contributed by atoms with E-state index in [0.717, 1.165) is 28.9 Å². The highest BCUT2D eigenvalue weighted by molar-refractivity contribution is 8.15. The van der Waals surface area contributed by atoms with Gasteiger partial charge in [-0.1, -0.05) is 23.9 Å². The minimum atomic E-state index is -4.50. The van der Waals surface area contributed by atoms with Crippen molar-refractivity contribution in [2.24, 2.45) is 4.99 Å². The number of urea groups is 1. The summed E-state index contributed by atoms with van der Waals surface area (Å²) >= 11 is 1.000. The second kappa shape index (κ2) is 12.9. The Morgan fingerprint density at radius 1 is 1.04 bits per heavy atom. The Hall–Kier alpha value is -4.86. The topological polar surface area (TPSA) is 102 Å². The lowest BCUT2D eigenvalue weighted by molar-refractivity contribution is -0.140. The summed E-state index contributed by atoms with van der Waals surface area (Å²) in [5, 5.41) is 2.70. The summed E-state index contributed by atoms with van der Waals surface area (Å²) in [6.07, 6.45) is -6.34. The van der Waals surface area contributed by atoms with E-state index >= 15 is 0 Å². The van der Waals surface area contributed by atoms with Crippen LogP contribution in [0.4, 0.5) is 42.5 Å². The van der Waals surface area contributed by atoms with Crippen LogP contribution in [0.25, 0.3) is 17.1 Å². The number of rotatable bonds is 7. The Labute approximate surface area is 262 Å². The van der Waals surface area contributed by atoms with Crippen LogP contribution < -0.4 is 15.0 Å². The number of nitrogens with zero attached hydrogens (tertiary/aromatic N) is 5. The summed E-state index contributed by atoms with van der Waals surface area (Å²) < 4.78 is 83.4. The number of benzene rings is 2. The first-order valence-electron chi connectivity index (χ1n) is 13.5. The average molecular weight is 663 g/mol. The molecule has 0 aliphatic carbocycles. The zero-order chi connectivity index (χ0) is 33.2. The number of anilines is 2. The number of thioether (sulfide) groups is 1. The van der Waals surface area contributed by atoms with Crippen LogP contribution >= 0.6 is 11.8 Å². The summed E-state index contributed by atoms with van der Waals surface area (Å²) in [6.45, 7) is 2.82. The average Bonchev–Trinajstić information content (AvgIpc) is 3.61. The highest BCUT2D eigenvalue weighted by atomic mass is 32.2. The number of halogens is 6. The van der Waals surface area contributed by atoms with E-state index in [1.54, 1.807) is 50.4 Å². The third kappa shape index (κ3) is 7.67. The highest BCUT2D eigenvalue weighted by Gasteiger charge is 2.34. The summed E-state index contributed by atoms with van der Waals surface area (Å²) in [4.78, 5) is 39.1. The van der Waals surface area contributed by atoms with E-state index in [1.165, 1.54) is 23.0 Å². The molecule has 0 radical (unpaired) electrons. The van der Waals surface area contributed by atoms with Gasteiger partial charge in [0, 0.05) is 23.6 Å². The molecule has 3 amide bonds. The van der Waals surface area contributed by atoms with Gasteiger partial charge in [0.25, 0.3) is 0 Å². The Morgan fingerprint density at radius 2 is 1.83 bits per heavy atom. The van der Waals surface area contributed by atoms with Crippen LogP contribution in [0.15, 0.2) is 72.2 Å². The van der Waals surface area contributed by atoms with E-state index in [1.807, 2.05) is 0 Å². The fraction of sp³-hybridized carbons (Fsp3) is 0.233. The molecule has 0 unspecified atom stereocenters. The molecule has 0 saturated carbocycles. The van der Waals surface area contributed by atoms with Gasteiger partial charge in [0.05, 0.1) is 35.7 Å². The predicted octanol–water partition coefficient (Wildman–Crippen LogP) is 7.57. The lowest BCUT2D eigenvalue weighted by Gasteiger charge is -2.21. The fourth-order valence-electron chi connectivity index (χ4n) is 4.38. The van der Waals surface area contributed by atoms with Crippen LogP contribution in [-0.4, -0.2) is 50.2 Å². The molecule has 16 heteroatoms. The zero-order valence-electron chi connectivity index (χ0n) is 24.1. The summed E-state index contributed by atoms with van der Waals surface area (Å²) in [7, 11) is 0. The van der Waals surface area contributed by atoms with Crippen molar-refractivity contribution in [3.63, 3.8) is 0 Å². The first kappa shape index (κ1) is 32.5. The minimum Gasteiger partial charge on any atom is -0.491 e. The van der Waals surface area contributed by atoms with Gasteiger partial charge in [-0.15, -0.1) is 0 Å². The van der Waals surface area contributed by atoms with E-state index in [2.05, 4.69) is 20.3 Å². The predicted molar refractivity (Wildman–Crippen MR) is 160 cm³/mol. The zero-order valence-corrected chi connectivity index (χ0v) is 24.9. The molecular weight excluding hydrogens is 638 g/mol. The molecule has 1 fully saturated rings. The molecular formula is C30H24F6N6O3S. The van der Waals surface area contributed by atoms with Crippen molar-refractivity contribution in [3.8, 4) is 22.8 Å². The summed E-state index contributed by atoms with van der Waals surface area (Å²) in [5.41, 5.74) is 2.24. The number of amidine groups is 1. The van der Waals surface area contributed by atoms with E-state index in [9.17, 15) is 35.9 Å². The second-order valence-corrected chi connectivity index (χ2v) is 11.1. The maximum atomic E-state index is 12.9. The number of carbonyl (C=O) groups excluding carboxylic acids is 2. The molecule has 1 N–H and O–H groups in total. The minimum absolute atomic E-state index is 0.0328. The maximum Gasteiger partial charge on any atom is 0.417 e. The van der Waals surface area contributed by atoms with Crippen molar-refractivity contribution in [2.45, 2.75) is 32.6 Å². The van der Waals surface area contributed by atoms with Gasteiger partial charge in [-0.25, -0.2) is 14.8 Å². The molecule has 3 heterocycles. The number of nitrogens with one attached hydrogen (secondary N) is 1. The van der Waals surface area contributed by atoms with Gasteiger partial charge < -0.3 is 10.1 Å². The molecule has 46 heavy (non-hydrogen) atoms. The van der Waals surface area contributed by atoms with Crippen molar-refractivity contribution in [2.75, 3.05) is 22.6 Å². The van der Waals surface area contributed by atoms with E-state index < -0.39 is 42.9 Å². The van der Waals surface area contributed by atoms with Crippen LogP contribution in [0.5, 0.6) is 5.75 Å². The molecule has 5 rings (SSSR count). The Balaban J connectivity index is 1.30. The number of amides is 3. The highest BCUT2D eigenvalue weighted by Crippen LogP contribution is 2.36. The molecule has 9 nitrogen and oxygen atoms in total. The number of pyridine rings is 1. The van der Waals surface area contributed by atoms with Gasteiger partial charge in [-0.3, -0.25) is 14.3 Å². The molecule has 1 aliphatic rings. The normalized spacial score (nSPS) is 14.7. The molecule has 0 spiro atoms. The van der Waals surface area contributed by atoms with E-state index in [0.29, 0.717) is 28.1 Å². The number of ether oxygens (including phenoxy) is 1. The molecule has 2 aromatic heterocycles. The molecule has 4 aromatic rings. The third-order valence-electron chi connectivity index (χ3n) is 6.65. The van der Waals surface area contributed by atoms with Crippen molar-refractivity contribution in [1.29, 1.82) is 0 Å². The first-order valence-corrected chi connectivity index (χ1v) is 14.5. The number of aromatic nitrogens is 3. The number of aryl methyl sites for hydroxylation is 2. The standard InChI is InChI=1S/C30H24F6N6O3S/c1-17-3-7-24(45-10-9-29(31,32)33)23(11-17)42-26(43)15-46-28(42)40-27(44)39-21-6-4-19(12-18(21)2)22-14-41(16-38-22)25-8-5-20(13-37-25)30(34,35)36/h3-8,11-14,16H,9-10,15H2,1-2H3,(H,39,44)/b40-28-. The van der Waals surface area contributed by atoms with Gasteiger partial charge in [-0.05, 0) is 61.4 Å². The first-order chi connectivity index (χ1) is 21.7. The largest absolute Gasteiger partial charge is 0.491 e. The maximum absolute atomic E-state index is 12.9. The summed E-state index contributed by atoms with van der Waals surface area (Å²) in [6, 6.07) is 11.1. The van der Waals surface area contributed by atoms with Crippen LogP contribution in [0, 0.1) is 13.8 Å². The molecule has 2 aromatic carbocycles. The monoisotopic (exact) mass is 662 g/mol. The van der Waals surface area contributed by atoms with Crippen LogP contribution in [0.2, 0.25) is 0 Å². The van der Waals surface area contributed by atoms with Gasteiger partial charge in [0.1, 0.15) is 17.9 Å². The molecule has 1 saturated heterocycles. The van der Waals surface area contributed by atoms with Crippen molar-refractivity contribution < 1.29 is 40.7 Å². The van der Waals surface area contributed by atoms with Crippen molar-refractivity contribution >= 4 is 40.2 Å². The van der Waals surface area contributed by atoms with Gasteiger partial charge in [0.15, 0.2) is 5.17 Å². The van der Waals surface area contributed by atoms with Crippen LogP contribution in [0.3, 0.4) is 0 Å². The quantitative estimate of drug-likeness (QED) is 0.205. The molecule has 1 aliphatic heterocycles. The second-order valence-electron chi connectivity index (χ2n) is 10.1. The van der Waals surface area contributed by atoms with Gasteiger partial charge in [0.2, 0.25) is 5.91 Å².